The Morgan fingerprint density at radius 2 is 2.09 bits per heavy atom. The predicted octanol–water partition coefficient (Wildman–Crippen LogP) is -0.160. The summed E-state index contributed by atoms with van der Waals surface area (Å²) in [6.45, 7) is 1.70. The Balaban J connectivity index is 3.63. The molecule has 0 saturated heterocycles. The number of carboxylic acid groups (broad SMARTS) is 1. The lowest BCUT2D eigenvalue weighted by atomic mass is 9.99. The van der Waals surface area contributed by atoms with Crippen LogP contribution in [-0.4, -0.2) is 34.0 Å². The molecule has 4 nitrogen and oxygen atoms in total. The highest BCUT2D eigenvalue weighted by Crippen LogP contribution is 2.10. The summed E-state index contributed by atoms with van der Waals surface area (Å²) >= 11 is 0. The minimum Gasteiger partial charge on any atom is -0.481 e. The number of aliphatic hydroxyl groups is 2. The molecule has 0 aliphatic heterocycles. The van der Waals surface area contributed by atoms with Gasteiger partial charge in [0.25, 0.3) is 0 Å². The molecule has 2 atom stereocenters. The van der Waals surface area contributed by atoms with Crippen LogP contribution in [0, 0.1) is 5.92 Å². The highest BCUT2D eigenvalue weighted by atomic mass is 16.4. The van der Waals surface area contributed by atoms with Crippen molar-refractivity contribution in [3.63, 3.8) is 0 Å². The van der Waals surface area contributed by atoms with Crippen molar-refractivity contribution in [1.82, 2.24) is 0 Å². The van der Waals surface area contributed by atoms with Gasteiger partial charge in [-0.15, -0.1) is 0 Å². The second-order valence-electron chi connectivity index (χ2n) is 2.65. The van der Waals surface area contributed by atoms with Gasteiger partial charge in [-0.1, -0.05) is 6.92 Å². The quantitative estimate of drug-likeness (QED) is 0.525. The zero-order chi connectivity index (χ0) is 8.85. The monoisotopic (exact) mass is 162 g/mol. The number of carbonyl (C=O) groups is 1. The normalized spacial score (nSPS) is 15.9. The summed E-state index contributed by atoms with van der Waals surface area (Å²) in [7, 11) is 0. The average molecular weight is 162 g/mol. The fraction of sp³-hybridized carbons (Fsp3) is 0.857. The summed E-state index contributed by atoms with van der Waals surface area (Å²) in [5, 5.41) is 25.9. The van der Waals surface area contributed by atoms with E-state index in [1.807, 2.05) is 0 Å². The Labute approximate surface area is 65.5 Å². The van der Waals surface area contributed by atoms with E-state index in [4.69, 9.17) is 15.3 Å². The van der Waals surface area contributed by atoms with Crippen molar-refractivity contribution in [2.24, 2.45) is 5.92 Å². The van der Waals surface area contributed by atoms with E-state index in [1.165, 1.54) is 0 Å². The van der Waals surface area contributed by atoms with Gasteiger partial charge in [-0.05, 0) is 12.3 Å². The number of aliphatic hydroxyl groups excluding tert-OH is 2. The minimum atomic E-state index is -1.01. The summed E-state index contributed by atoms with van der Waals surface area (Å²) in [4.78, 5) is 10.1. The van der Waals surface area contributed by atoms with Crippen LogP contribution in [0.25, 0.3) is 0 Å². The fourth-order valence-electron chi connectivity index (χ4n) is 0.776. The second kappa shape index (κ2) is 5.09. The summed E-state index contributed by atoms with van der Waals surface area (Å²) in [5.41, 5.74) is 0. The highest BCUT2D eigenvalue weighted by Gasteiger charge is 2.16. The van der Waals surface area contributed by atoms with Crippen molar-refractivity contribution in [1.29, 1.82) is 0 Å². The van der Waals surface area contributed by atoms with Gasteiger partial charge in [0.1, 0.15) is 0 Å². The SMILES string of the molecule is CC(CCO)C(O)CC(=O)O. The lowest BCUT2D eigenvalue weighted by Crippen LogP contribution is -2.22. The third kappa shape index (κ3) is 4.75. The Morgan fingerprint density at radius 1 is 1.55 bits per heavy atom. The third-order valence-electron chi connectivity index (χ3n) is 1.63. The van der Waals surface area contributed by atoms with Gasteiger partial charge in [0.2, 0.25) is 0 Å². The minimum absolute atomic E-state index is 0.0160. The zero-order valence-electron chi connectivity index (χ0n) is 6.53. The molecule has 4 heteroatoms. The summed E-state index contributed by atoms with van der Waals surface area (Å²) in [6, 6.07) is 0. The second-order valence-corrected chi connectivity index (χ2v) is 2.65. The smallest absolute Gasteiger partial charge is 0.305 e. The van der Waals surface area contributed by atoms with Crippen LogP contribution < -0.4 is 0 Å². The van der Waals surface area contributed by atoms with E-state index in [9.17, 15) is 4.79 Å². The molecule has 0 saturated carbocycles. The number of aliphatic carboxylic acids is 1. The number of hydrogen-bond acceptors (Lipinski definition) is 3. The first-order valence-corrected chi connectivity index (χ1v) is 3.58. The van der Waals surface area contributed by atoms with E-state index in [2.05, 4.69) is 0 Å². The summed E-state index contributed by atoms with van der Waals surface area (Å²) in [6.07, 6.45) is -0.657. The van der Waals surface area contributed by atoms with Crippen LogP contribution in [-0.2, 0) is 4.79 Å². The van der Waals surface area contributed by atoms with E-state index in [-0.39, 0.29) is 18.9 Å². The molecule has 0 bridgehead atoms. The van der Waals surface area contributed by atoms with Gasteiger partial charge >= 0.3 is 5.97 Å². The molecule has 0 radical (unpaired) electrons. The van der Waals surface area contributed by atoms with Gasteiger partial charge in [-0.25, -0.2) is 0 Å². The van der Waals surface area contributed by atoms with Crippen molar-refractivity contribution in [3.05, 3.63) is 0 Å². The molecule has 0 aromatic rings. The molecular formula is C7H14O4. The van der Waals surface area contributed by atoms with Gasteiger partial charge in [-0.3, -0.25) is 4.79 Å². The van der Waals surface area contributed by atoms with E-state index in [1.54, 1.807) is 6.92 Å². The molecule has 0 aliphatic carbocycles. The van der Waals surface area contributed by atoms with Crippen molar-refractivity contribution in [2.75, 3.05) is 6.61 Å². The molecule has 0 rings (SSSR count). The molecule has 0 aromatic heterocycles. The Kier molecular flexibility index (Phi) is 4.81. The van der Waals surface area contributed by atoms with Gasteiger partial charge in [0.15, 0.2) is 0 Å². The lowest BCUT2D eigenvalue weighted by molar-refractivity contribution is -0.140. The van der Waals surface area contributed by atoms with Crippen molar-refractivity contribution in [3.8, 4) is 0 Å². The Hall–Kier alpha value is -0.610. The molecule has 0 heterocycles. The van der Waals surface area contributed by atoms with Gasteiger partial charge in [0, 0.05) is 6.61 Å². The van der Waals surface area contributed by atoms with Crippen LogP contribution in [0.4, 0.5) is 0 Å². The van der Waals surface area contributed by atoms with Crippen LogP contribution in [0.15, 0.2) is 0 Å². The summed E-state index contributed by atoms with van der Waals surface area (Å²) < 4.78 is 0. The lowest BCUT2D eigenvalue weighted by Gasteiger charge is -2.15. The van der Waals surface area contributed by atoms with Gasteiger partial charge in [-0.2, -0.15) is 0 Å². The van der Waals surface area contributed by atoms with E-state index < -0.39 is 12.1 Å². The number of rotatable bonds is 5. The number of hydrogen-bond donors (Lipinski definition) is 3. The molecule has 0 fully saturated rings. The molecule has 0 spiro atoms. The van der Waals surface area contributed by atoms with Crippen molar-refractivity contribution < 1.29 is 20.1 Å². The summed E-state index contributed by atoms with van der Waals surface area (Å²) in [5.74, 6) is -1.17. The topological polar surface area (TPSA) is 77.8 Å². The number of carboxylic acids is 1. The van der Waals surface area contributed by atoms with Crippen LogP contribution >= 0.6 is 0 Å². The first-order chi connectivity index (χ1) is 5.07. The van der Waals surface area contributed by atoms with E-state index in [0.717, 1.165) is 0 Å². The molecule has 3 N–H and O–H groups in total. The van der Waals surface area contributed by atoms with Crippen LogP contribution in [0.2, 0.25) is 0 Å². The first kappa shape index (κ1) is 10.4. The first-order valence-electron chi connectivity index (χ1n) is 3.58. The molecule has 0 amide bonds. The Bertz CT molecular complexity index is 124. The zero-order valence-corrected chi connectivity index (χ0v) is 6.53. The van der Waals surface area contributed by atoms with Crippen LogP contribution in [0.5, 0.6) is 0 Å². The standard InChI is InChI=1S/C7H14O4/c1-5(2-3-8)6(9)4-7(10)11/h5-6,8-9H,2-4H2,1H3,(H,10,11). The van der Waals surface area contributed by atoms with E-state index in [0.29, 0.717) is 6.42 Å². The van der Waals surface area contributed by atoms with E-state index >= 15 is 0 Å². The fourth-order valence-corrected chi connectivity index (χ4v) is 0.776. The van der Waals surface area contributed by atoms with Crippen molar-refractivity contribution in [2.45, 2.75) is 25.9 Å². The largest absolute Gasteiger partial charge is 0.481 e. The van der Waals surface area contributed by atoms with Crippen LogP contribution in [0.1, 0.15) is 19.8 Å². The Morgan fingerprint density at radius 3 is 2.45 bits per heavy atom. The maximum absolute atomic E-state index is 10.1. The van der Waals surface area contributed by atoms with Crippen LogP contribution in [0.3, 0.4) is 0 Å². The predicted molar refractivity (Wildman–Crippen MR) is 39.1 cm³/mol. The van der Waals surface area contributed by atoms with Crippen molar-refractivity contribution >= 4 is 5.97 Å². The third-order valence-corrected chi connectivity index (χ3v) is 1.63. The molecular weight excluding hydrogens is 148 g/mol. The maximum Gasteiger partial charge on any atom is 0.305 e. The maximum atomic E-state index is 10.1. The molecule has 66 valence electrons. The molecule has 2 unspecified atom stereocenters. The molecule has 0 aromatic carbocycles. The van der Waals surface area contributed by atoms with Gasteiger partial charge < -0.3 is 15.3 Å². The highest BCUT2D eigenvalue weighted by molar-refractivity contribution is 5.67. The average Bonchev–Trinajstić information content (AvgIpc) is 1.86. The van der Waals surface area contributed by atoms with Gasteiger partial charge in [0.05, 0.1) is 12.5 Å². The molecule has 0 aliphatic rings. The molecule has 11 heavy (non-hydrogen) atoms.